The van der Waals surface area contributed by atoms with Gasteiger partial charge in [-0.05, 0) is 0 Å². The number of halogens is 12. The van der Waals surface area contributed by atoms with Crippen molar-refractivity contribution in [1.82, 2.24) is 0 Å². The van der Waals surface area contributed by atoms with Gasteiger partial charge in [0.05, 0.1) is 0 Å². The first-order valence-electron chi connectivity index (χ1n) is 4.76. The van der Waals surface area contributed by atoms with Crippen LogP contribution < -0.4 is 0 Å². The van der Waals surface area contributed by atoms with Crippen molar-refractivity contribution < 1.29 is 57.4 Å². The Balaban J connectivity index is 4.69. The van der Waals surface area contributed by atoms with E-state index in [1.807, 2.05) is 0 Å². The molecular formula is C8H6F12O. The molecule has 0 aliphatic heterocycles. The lowest BCUT2D eigenvalue weighted by atomic mass is 10.2. The Morgan fingerprint density at radius 1 is 0.714 bits per heavy atom. The summed E-state index contributed by atoms with van der Waals surface area (Å²) in [5, 5.41) is 0. The van der Waals surface area contributed by atoms with Crippen molar-refractivity contribution >= 4 is 0 Å². The van der Waals surface area contributed by atoms with E-state index >= 15 is 0 Å². The second kappa shape index (κ2) is 6.08. The van der Waals surface area contributed by atoms with E-state index in [1.54, 1.807) is 0 Å². The van der Waals surface area contributed by atoms with Crippen LogP contribution in [0.3, 0.4) is 0 Å². The van der Waals surface area contributed by atoms with Crippen LogP contribution >= 0.6 is 0 Å². The summed E-state index contributed by atoms with van der Waals surface area (Å²) in [6.45, 7) is -5.40. The van der Waals surface area contributed by atoms with Crippen molar-refractivity contribution in [3.63, 3.8) is 0 Å². The maximum absolute atomic E-state index is 12.5. The summed E-state index contributed by atoms with van der Waals surface area (Å²) in [7, 11) is 0. The summed E-state index contributed by atoms with van der Waals surface area (Å²) in [4.78, 5) is 0. The molecule has 0 aliphatic rings. The molecule has 0 aromatic rings. The number of hydrogen-bond donors (Lipinski definition) is 0. The van der Waals surface area contributed by atoms with Gasteiger partial charge in [-0.1, -0.05) is 0 Å². The number of alkyl halides is 12. The lowest BCUT2D eigenvalue weighted by Gasteiger charge is -2.27. The van der Waals surface area contributed by atoms with Gasteiger partial charge >= 0.3 is 30.4 Å². The van der Waals surface area contributed by atoms with Gasteiger partial charge in [0.25, 0.3) is 6.17 Å². The minimum Gasteiger partial charge on any atom is -0.369 e. The summed E-state index contributed by atoms with van der Waals surface area (Å²) in [6, 6.07) is 0. The molecule has 1 nitrogen and oxygen atoms in total. The Kier molecular flexibility index (Phi) is 5.83. The molecule has 0 aromatic heterocycles. The van der Waals surface area contributed by atoms with E-state index in [2.05, 4.69) is 4.74 Å². The van der Waals surface area contributed by atoms with E-state index in [0.717, 1.165) is 0 Å². The van der Waals surface area contributed by atoms with Gasteiger partial charge in [-0.3, -0.25) is 0 Å². The van der Waals surface area contributed by atoms with E-state index in [1.165, 1.54) is 0 Å². The molecule has 21 heavy (non-hydrogen) atoms. The van der Waals surface area contributed by atoms with E-state index in [9.17, 15) is 52.7 Å². The van der Waals surface area contributed by atoms with Crippen LogP contribution in [0.2, 0.25) is 0 Å². The van der Waals surface area contributed by atoms with Crippen molar-refractivity contribution in [2.45, 2.75) is 36.5 Å². The minimum absolute atomic E-state index is 2.65. The van der Waals surface area contributed by atoms with E-state index in [0.29, 0.717) is 0 Å². The molecule has 0 radical (unpaired) electrons. The fourth-order valence-electron chi connectivity index (χ4n) is 0.884. The van der Waals surface area contributed by atoms with Crippen LogP contribution in [0.5, 0.6) is 0 Å². The van der Waals surface area contributed by atoms with Gasteiger partial charge in [-0.15, -0.1) is 0 Å². The quantitative estimate of drug-likeness (QED) is 0.632. The van der Waals surface area contributed by atoms with Crippen molar-refractivity contribution in [3.05, 3.63) is 0 Å². The molecule has 1 atom stereocenters. The maximum atomic E-state index is 12.5. The molecule has 0 spiro atoms. The molecular weight excluding hydrogens is 340 g/mol. The number of hydrogen-bond acceptors (Lipinski definition) is 1. The third-order valence-electron chi connectivity index (χ3n) is 2.00. The summed E-state index contributed by atoms with van der Waals surface area (Å²) >= 11 is 0. The Morgan fingerprint density at radius 3 is 1.48 bits per heavy atom. The summed E-state index contributed by atoms with van der Waals surface area (Å²) in [5.74, 6) is -16.9. The van der Waals surface area contributed by atoms with Gasteiger partial charge in [-0.25, -0.2) is 22.0 Å². The SMILES string of the molecule is FC(C(F)(F)F)C(F)(F)COCC(F)(F)C(F)(F)C(F)F. The van der Waals surface area contributed by atoms with Gasteiger partial charge < -0.3 is 4.74 Å². The minimum atomic E-state index is -6.05. The second-order valence-corrected chi connectivity index (χ2v) is 3.79. The largest absolute Gasteiger partial charge is 0.425 e. The van der Waals surface area contributed by atoms with Gasteiger partial charge in [0.15, 0.2) is 0 Å². The maximum Gasteiger partial charge on any atom is 0.425 e. The zero-order valence-corrected chi connectivity index (χ0v) is 9.51. The van der Waals surface area contributed by atoms with Gasteiger partial charge in [-0.2, -0.15) is 30.7 Å². The Labute approximate surface area is 108 Å². The summed E-state index contributed by atoms with van der Waals surface area (Å²) in [5.41, 5.74) is 0. The molecule has 0 fully saturated rings. The van der Waals surface area contributed by atoms with Crippen LogP contribution in [0.4, 0.5) is 52.7 Å². The van der Waals surface area contributed by atoms with Crippen molar-refractivity contribution in [3.8, 4) is 0 Å². The van der Waals surface area contributed by atoms with Crippen molar-refractivity contribution in [2.24, 2.45) is 0 Å². The summed E-state index contributed by atoms with van der Waals surface area (Å²) < 4.78 is 148. The molecule has 0 aromatic carbocycles. The van der Waals surface area contributed by atoms with E-state index in [4.69, 9.17) is 0 Å². The number of rotatable bonds is 7. The molecule has 128 valence electrons. The van der Waals surface area contributed by atoms with Gasteiger partial charge in [0.1, 0.15) is 13.2 Å². The van der Waals surface area contributed by atoms with Crippen LogP contribution in [0.1, 0.15) is 0 Å². The normalized spacial score (nSPS) is 16.4. The number of ether oxygens (including phenoxy) is 1. The lowest BCUT2D eigenvalue weighted by molar-refractivity contribution is -0.291. The predicted octanol–water partition coefficient (Wildman–Crippen LogP) is 4.07. The van der Waals surface area contributed by atoms with Crippen LogP contribution in [0.25, 0.3) is 0 Å². The van der Waals surface area contributed by atoms with Gasteiger partial charge in [0, 0.05) is 0 Å². The second-order valence-electron chi connectivity index (χ2n) is 3.79. The van der Waals surface area contributed by atoms with Crippen LogP contribution in [-0.2, 0) is 4.74 Å². The van der Waals surface area contributed by atoms with Gasteiger partial charge in [0.2, 0.25) is 0 Å². The molecule has 0 N–H and O–H groups in total. The Bertz CT molecular complexity index is 335. The highest BCUT2D eigenvalue weighted by atomic mass is 19.4. The van der Waals surface area contributed by atoms with E-state index in [-0.39, 0.29) is 0 Å². The average molecular weight is 346 g/mol. The van der Waals surface area contributed by atoms with Crippen LogP contribution in [0.15, 0.2) is 0 Å². The standard InChI is InChI=1S/C8H6F12O/c9-3(8(18,19)20)5(12,13)1-21-2-6(14,15)7(16,17)4(10)11/h3-4H,1-2H2. The highest BCUT2D eigenvalue weighted by Crippen LogP contribution is 2.40. The smallest absolute Gasteiger partial charge is 0.369 e. The van der Waals surface area contributed by atoms with Crippen LogP contribution in [-0.4, -0.2) is 49.8 Å². The molecule has 0 saturated heterocycles. The molecule has 0 amide bonds. The highest BCUT2D eigenvalue weighted by Gasteiger charge is 2.63. The fraction of sp³-hybridized carbons (Fsp3) is 1.00. The fourth-order valence-corrected chi connectivity index (χ4v) is 0.884. The first-order chi connectivity index (χ1) is 9.06. The molecule has 0 heterocycles. The third kappa shape index (κ3) is 4.81. The molecule has 0 saturated carbocycles. The first-order valence-corrected chi connectivity index (χ1v) is 4.76. The van der Waals surface area contributed by atoms with E-state index < -0.39 is 49.8 Å². The molecule has 0 aliphatic carbocycles. The highest BCUT2D eigenvalue weighted by molar-refractivity contribution is 4.88. The third-order valence-corrected chi connectivity index (χ3v) is 2.00. The lowest BCUT2D eigenvalue weighted by Crippen LogP contribution is -2.51. The zero-order chi connectivity index (χ0) is 17.3. The predicted molar refractivity (Wildman–Crippen MR) is 42.6 cm³/mol. The summed E-state index contributed by atoms with van der Waals surface area (Å²) in [6.07, 6.45) is -15.7. The Morgan fingerprint density at radius 2 is 1.14 bits per heavy atom. The first kappa shape index (κ1) is 20.1. The van der Waals surface area contributed by atoms with Crippen LogP contribution in [0, 0.1) is 0 Å². The van der Waals surface area contributed by atoms with Crippen molar-refractivity contribution in [1.29, 1.82) is 0 Å². The monoisotopic (exact) mass is 346 g/mol. The Hall–Kier alpha value is -0.880. The molecule has 0 bridgehead atoms. The average Bonchev–Trinajstić information content (AvgIpc) is 2.25. The topological polar surface area (TPSA) is 9.23 Å². The zero-order valence-electron chi connectivity index (χ0n) is 9.51. The van der Waals surface area contributed by atoms with Crippen molar-refractivity contribution in [2.75, 3.05) is 13.2 Å². The molecule has 0 rings (SSSR count). The molecule has 1 unspecified atom stereocenters. The molecule has 13 heteroatoms.